The fourth-order valence-corrected chi connectivity index (χ4v) is 2.29. The predicted octanol–water partition coefficient (Wildman–Crippen LogP) is 4.05. The van der Waals surface area contributed by atoms with Crippen molar-refractivity contribution in [3.05, 3.63) is 65.3 Å². The van der Waals surface area contributed by atoms with Crippen molar-refractivity contribution in [1.29, 1.82) is 0 Å². The van der Waals surface area contributed by atoms with Gasteiger partial charge in [-0.1, -0.05) is 29.8 Å². The van der Waals surface area contributed by atoms with Crippen LogP contribution in [-0.4, -0.2) is 9.78 Å². The molecule has 3 rings (SSSR count). The standard InChI is InChI=1S/C15H10ClF2N3/c16-9-4-1-2-7-13(9)21-8-12(19)15(20-21)14-10(17)5-3-6-11(14)18/h1-8H,19H2. The van der Waals surface area contributed by atoms with E-state index in [1.807, 2.05) is 0 Å². The van der Waals surface area contributed by atoms with E-state index in [2.05, 4.69) is 5.10 Å². The second-order valence-electron chi connectivity index (χ2n) is 4.43. The summed E-state index contributed by atoms with van der Waals surface area (Å²) in [6, 6.07) is 10.6. The highest BCUT2D eigenvalue weighted by Crippen LogP contribution is 2.31. The van der Waals surface area contributed by atoms with Crippen LogP contribution in [-0.2, 0) is 0 Å². The molecule has 106 valence electrons. The number of hydrogen-bond acceptors (Lipinski definition) is 2. The topological polar surface area (TPSA) is 43.8 Å². The Kier molecular flexibility index (Phi) is 3.35. The number of nitrogens with two attached hydrogens (primary N) is 1. The van der Waals surface area contributed by atoms with Crippen LogP contribution in [0.4, 0.5) is 14.5 Å². The number of anilines is 1. The summed E-state index contributed by atoms with van der Waals surface area (Å²) in [5, 5.41) is 4.62. The maximum absolute atomic E-state index is 13.8. The molecule has 2 N–H and O–H groups in total. The normalized spacial score (nSPS) is 10.8. The van der Waals surface area contributed by atoms with Crippen LogP contribution in [0.25, 0.3) is 16.9 Å². The van der Waals surface area contributed by atoms with Crippen molar-refractivity contribution in [3.63, 3.8) is 0 Å². The van der Waals surface area contributed by atoms with E-state index in [-0.39, 0.29) is 16.9 Å². The first-order valence-corrected chi connectivity index (χ1v) is 6.50. The summed E-state index contributed by atoms with van der Waals surface area (Å²) in [5.41, 5.74) is 6.38. The smallest absolute Gasteiger partial charge is 0.135 e. The van der Waals surface area contributed by atoms with Crippen molar-refractivity contribution >= 4 is 17.3 Å². The molecule has 0 radical (unpaired) electrons. The summed E-state index contributed by atoms with van der Waals surface area (Å²) < 4.78 is 29.1. The summed E-state index contributed by atoms with van der Waals surface area (Å²) in [5.74, 6) is -1.43. The van der Waals surface area contributed by atoms with Gasteiger partial charge in [0.1, 0.15) is 17.3 Å². The summed E-state index contributed by atoms with van der Waals surface area (Å²) in [7, 11) is 0. The Morgan fingerprint density at radius 1 is 1.00 bits per heavy atom. The van der Waals surface area contributed by atoms with E-state index >= 15 is 0 Å². The van der Waals surface area contributed by atoms with E-state index in [1.165, 1.54) is 16.9 Å². The Labute approximate surface area is 124 Å². The van der Waals surface area contributed by atoms with Crippen LogP contribution in [0.15, 0.2) is 48.7 Å². The summed E-state index contributed by atoms with van der Waals surface area (Å²) in [6.07, 6.45) is 1.47. The molecule has 0 spiro atoms. The van der Waals surface area contributed by atoms with Gasteiger partial charge in [0.15, 0.2) is 0 Å². The summed E-state index contributed by atoms with van der Waals surface area (Å²) in [6.45, 7) is 0. The van der Waals surface area contributed by atoms with Gasteiger partial charge in [-0.3, -0.25) is 0 Å². The minimum absolute atomic E-state index is 0.0468. The van der Waals surface area contributed by atoms with Gasteiger partial charge in [-0.25, -0.2) is 13.5 Å². The van der Waals surface area contributed by atoms with E-state index < -0.39 is 11.6 Å². The molecule has 0 aliphatic carbocycles. The van der Waals surface area contributed by atoms with Gasteiger partial charge in [0.2, 0.25) is 0 Å². The molecule has 0 fully saturated rings. The lowest BCUT2D eigenvalue weighted by Gasteiger charge is -2.04. The van der Waals surface area contributed by atoms with E-state index in [0.29, 0.717) is 10.7 Å². The Balaban J connectivity index is 2.18. The van der Waals surface area contributed by atoms with Crippen molar-refractivity contribution in [1.82, 2.24) is 9.78 Å². The molecule has 3 aromatic rings. The van der Waals surface area contributed by atoms with Crippen molar-refractivity contribution in [2.24, 2.45) is 0 Å². The number of benzene rings is 2. The fourth-order valence-electron chi connectivity index (χ4n) is 2.07. The van der Waals surface area contributed by atoms with Crippen LogP contribution < -0.4 is 5.73 Å². The average molecular weight is 306 g/mol. The van der Waals surface area contributed by atoms with Crippen LogP contribution in [0.1, 0.15) is 0 Å². The van der Waals surface area contributed by atoms with Gasteiger partial charge < -0.3 is 5.73 Å². The zero-order valence-electron chi connectivity index (χ0n) is 10.7. The van der Waals surface area contributed by atoms with Crippen LogP contribution in [0.2, 0.25) is 5.02 Å². The number of para-hydroxylation sites is 1. The molecular weight excluding hydrogens is 296 g/mol. The lowest BCUT2D eigenvalue weighted by molar-refractivity contribution is 0.588. The number of nitrogen functional groups attached to an aromatic ring is 1. The molecule has 21 heavy (non-hydrogen) atoms. The molecule has 0 aliphatic heterocycles. The number of halogens is 3. The first kappa shape index (κ1) is 13.6. The summed E-state index contributed by atoms with van der Waals surface area (Å²) >= 11 is 6.08. The van der Waals surface area contributed by atoms with Crippen molar-refractivity contribution < 1.29 is 8.78 Å². The first-order chi connectivity index (χ1) is 10.1. The van der Waals surface area contributed by atoms with Gasteiger partial charge in [-0.2, -0.15) is 5.10 Å². The highest BCUT2D eigenvalue weighted by Gasteiger charge is 2.18. The monoisotopic (exact) mass is 305 g/mol. The van der Waals surface area contributed by atoms with Crippen LogP contribution >= 0.6 is 11.6 Å². The largest absolute Gasteiger partial charge is 0.396 e. The quantitative estimate of drug-likeness (QED) is 0.776. The molecular formula is C15H10ClF2N3. The van der Waals surface area contributed by atoms with Gasteiger partial charge in [0.05, 0.1) is 28.2 Å². The minimum Gasteiger partial charge on any atom is -0.396 e. The van der Waals surface area contributed by atoms with Crippen LogP contribution in [0, 0.1) is 11.6 Å². The third kappa shape index (κ3) is 2.36. The SMILES string of the molecule is Nc1cn(-c2ccccc2Cl)nc1-c1c(F)cccc1F. The lowest BCUT2D eigenvalue weighted by Crippen LogP contribution is -1.97. The number of rotatable bonds is 2. The Bertz CT molecular complexity index is 794. The number of nitrogens with zero attached hydrogens (tertiary/aromatic N) is 2. The van der Waals surface area contributed by atoms with Crippen molar-refractivity contribution in [3.8, 4) is 16.9 Å². The Morgan fingerprint density at radius 2 is 1.67 bits per heavy atom. The van der Waals surface area contributed by atoms with E-state index in [1.54, 1.807) is 24.3 Å². The Morgan fingerprint density at radius 3 is 2.33 bits per heavy atom. The van der Waals surface area contributed by atoms with Gasteiger partial charge in [-0.05, 0) is 24.3 Å². The van der Waals surface area contributed by atoms with Crippen LogP contribution in [0.5, 0.6) is 0 Å². The molecule has 0 saturated carbocycles. The second kappa shape index (κ2) is 5.18. The molecule has 0 bridgehead atoms. The van der Waals surface area contributed by atoms with Crippen molar-refractivity contribution in [2.75, 3.05) is 5.73 Å². The molecule has 3 nitrogen and oxygen atoms in total. The zero-order valence-corrected chi connectivity index (χ0v) is 11.5. The Hall–Kier alpha value is -2.40. The minimum atomic E-state index is -0.717. The number of hydrogen-bond donors (Lipinski definition) is 1. The molecule has 2 aromatic carbocycles. The van der Waals surface area contributed by atoms with Crippen LogP contribution in [0.3, 0.4) is 0 Å². The molecule has 0 atom stereocenters. The van der Waals surface area contributed by atoms with Gasteiger partial charge in [0, 0.05) is 0 Å². The maximum Gasteiger partial charge on any atom is 0.135 e. The molecule has 1 aromatic heterocycles. The third-order valence-corrected chi connectivity index (χ3v) is 3.36. The molecule has 0 amide bonds. The third-order valence-electron chi connectivity index (χ3n) is 3.04. The molecule has 0 saturated heterocycles. The van der Waals surface area contributed by atoms with E-state index in [9.17, 15) is 8.78 Å². The van der Waals surface area contributed by atoms with E-state index in [4.69, 9.17) is 17.3 Å². The van der Waals surface area contributed by atoms with Crippen molar-refractivity contribution in [2.45, 2.75) is 0 Å². The first-order valence-electron chi connectivity index (χ1n) is 6.12. The fraction of sp³-hybridized carbons (Fsp3) is 0. The summed E-state index contributed by atoms with van der Waals surface area (Å²) in [4.78, 5) is 0. The zero-order chi connectivity index (χ0) is 15.0. The van der Waals surface area contributed by atoms with E-state index in [0.717, 1.165) is 12.1 Å². The highest BCUT2D eigenvalue weighted by atomic mass is 35.5. The predicted molar refractivity (Wildman–Crippen MR) is 78.3 cm³/mol. The second-order valence-corrected chi connectivity index (χ2v) is 4.83. The molecule has 1 heterocycles. The highest BCUT2D eigenvalue weighted by molar-refractivity contribution is 6.32. The number of aromatic nitrogens is 2. The maximum atomic E-state index is 13.8. The molecule has 0 unspecified atom stereocenters. The molecule has 0 aliphatic rings. The average Bonchev–Trinajstić information content (AvgIpc) is 2.81. The van der Waals surface area contributed by atoms with Gasteiger partial charge in [0.25, 0.3) is 0 Å². The lowest BCUT2D eigenvalue weighted by atomic mass is 10.1. The van der Waals surface area contributed by atoms with Gasteiger partial charge in [-0.15, -0.1) is 0 Å². The molecule has 6 heteroatoms. The van der Waals surface area contributed by atoms with Gasteiger partial charge >= 0.3 is 0 Å².